The average Bonchev–Trinajstić information content (AvgIpc) is 2.32. The normalized spacial score (nSPS) is 22.0. The number of hydrogen-bond acceptors (Lipinski definition) is 2. The minimum absolute atomic E-state index is 0.603. The molecule has 1 heterocycles. The van der Waals surface area contributed by atoms with Crippen LogP contribution >= 0.6 is 11.6 Å². The SMILES string of the molecule is CC(C)C1CN(Cc2ccccc2Cl)CCN1. The number of hydrogen-bond donors (Lipinski definition) is 1. The molecule has 1 atom stereocenters. The van der Waals surface area contributed by atoms with Crippen LogP contribution < -0.4 is 5.32 Å². The van der Waals surface area contributed by atoms with Crippen molar-refractivity contribution in [1.29, 1.82) is 0 Å². The Hall–Kier alpha value is -0.570. The Morgan fingerprint density at radius 3 is 2.88 bits per heavy atom. The molecule has 1 aliphatic rings. The van der Waals surface area contributed by atoms with Crippen LogP contribution in [-0.4, -0.2) is 30.6 Å². The van der Waals surface area contributed by atoms with Gasteiger partial charge in [0.25, 0.3) is 0 Å². The van der Waals surface area contributed by atoms with E-state index in [9.17, 15) is 0 Å². The summed E-state index contributed by atoms with van der Waals surface area (Å²) in [5.74, 6) is 0.684. The number of nitrogens with zero attached hydrogens (tertiary/aromatic N) is 1. The maximum absolute atomic E-state index is 6.20. The highest BCUT2D eigenvalue weighted by Gasteiger charge is 2.21. The minimum atomic E-state index is 0.603. The van der Waals surface area contributed by atoms with Gasteiger partial charge >= 0.3 is 0 Å². The van der Waals surface area contributed by atoms with Crippen LogP contribution in [-0.2, 0) is 6.54 Å². The lowest BCUT2D eigenvalue weighted by Gasteiger charge is -2.35. The van der Waals surface area contributed by atoms with Gasteiger partial charge in [0.15, 0.2) is 0 Å². The van der Waals surface area contributed by atoms with Crippen LogP contribution in [0.25, 0.3) is 0 Å². The van der Waals surface area contributed by atoms with Gasteiger partial charge in [-0.05, 0) is 17.5 Å². The van der Waals surface area contributed by atoms with Crippen molar-refractivity contribution in [3.63, 3.8) is 0 Å². The first-order valence-corrected chi connectivity index (χ1v) is 6.74. The molecule has 0 aliphatic carbocycles. The van der Waals surface area contributed by atoms with E-state index in [1.54, 1.807) is 0 Å². The monoisotopic (exact) mass is 252 g/mol. The number of piperazine rings is 1. The van der Waals surface area contributed by atoms with Gasteiger partial charge in [-0.25, -0.2) is 0 Å². The molecular formula is C14H21ClN2. The average molecular weight is 253 g/mol. The van der Waals surface area contributed by atoms with Gasteiger partial charge in [0.05, 0.1) is 0 Å². The Kier molecular flexibility index (Phi) is 4.43. The van der Waals surface area contributed by atoms with Crippen molar-refractivity contribution in [3.05, 3.63) is 34.9 Å². The van der Waals surface area contributed by atoms with Gasteiger partial charge in [-0.3, -0.25) is 4.90 Å². The van der Waals surface area contributed by atoms with E-state index in [2.05, 4.69) is 36.2 Å². The van der Waals surface area contributed by atoms with Crippen molar-refractivity contribution in [2.75, 3.05) is 19.6 Å². The molecule has 0 aromatic heterocycles. The molecule has 1 aromatic rings. The molecule has 94 valence electrons. The Labute approximate surface area is 109 Å². The third-order valence-electron chi connectivity index (χ3n) is 3.45. The maximum Gasteiger partial charge on any atom is 0.0451 e. The fourth-order valence-corrected chi connectivity index (χ4v) is 2.50. The summed E-state index contributed by atoms with van der Waals surface area (Å²) < 4.78 is 0. The van der Waals surface area contributed by atoms with Gasteiger partial charge < -0.3 is 5.32 Å². The van der Waals surface area contributed by atoms with E-state index in [-0.39, 0.29) is 0 Å². The van der Waals surface area contributed by atoms with Crippen LogP contribution in [0.4, 0.5) is 0 Å². The van der Waals surface area contributed by atoms with E-state index >= 15 is 0 Å². The molecule has 0 bridgehead atoms. The topological polar surface area (TPSA) is 15.3 Å². The van der Waals surface area contributed by atoms with Crippen molar-refractivity contribution >= 4 is 11.6 Å². The highest BCUT2D eigenvalue weighted by Crippen LogP contribution is 2.18. The van der Waals surface area contributed by atoms with Gasteiger partial charge in [0.1, 0.15) is 0 Å². The fourth-order valence-electron chi connectivity index (χ4n) is 2.30. The number of halogens is 1. The largest absolute Gasteiger partial charge is 0.311 e. The molecule has 1 N–H and O–H groups in total. The van der Waals surface area contributed by atoms with E-state index in [1.165, 1.54) is 5.56 Å². The van der Waals surface area contributed by atoms with E-state index in [4.69, 9.17) is 11.6 Å². The van der Waals surface area contributed by atoms with Crippen molar-refractivity contribution < 1.29 is 0 Å². The lowest BCUT2D eigenvalue weighted by Crippen LogP contribution is -2.52. The fraction of sp³-hybridized carbons (Fsp3) is 0.571. The summed E-state index contributed by atoms with van der Waals surface area (Å²) in [5.41, 5.74) is 1.23. The third kappa shape index (κ3) is 3.44. The molecule has 0 radical (unpaired) electrons. The lowest BCUT2D eigenvalue weighted by atomic mass is 10.0. The highest BCUT2D eigenvalue weighted by molar-refractivity contribution is 6.31. The molecular weight excluding hydrogens is 232 g/mol. The van der Waals surface area contributed by atoms with Gasteiger partial charge in [0, 0.05) is 37.2 Å². The van der Waals surface area contributed by atoms with E-state index in [0.29, 0.717) is 12.0 Å². The molecule has 0 amide bonds. The van der Waals surface area contributed by atoms with Crippen molar-refractivity contribution in [1.82, 2.24) is 10.2 Å². The summed E-state index contributed by atoms with van der Waals surface area (Å²) in [5, 5.41) is 4.46. The highest BCUT2D eigenvalue weighted by atomic mass is 35.5. The van der Waals surface area contributed by atoms with Crippen LogP contribution in [0, 0.1) is 5.92 Å². The minimum Gasteiger partial charge on any atom is -0.311 e. The first-order chi connectivity index (χ1) is 8.16. The smallest absolute Gasteiger partial charge is 0.0451 e. The number of benzene rings is 1. The van der Waals surface area contributed by atoms with Gasteiger partial charge in [-0.15, -0.1) is 0 Å². The van der Waals surface area contributed by atoms with Gasteiger partial charge in [0.2, 0.25) is 0 Å². The van der Waals surface area contributed by atoms with Crippen molar-refractivity contribution in [2.24, 2.45) is 5.92 Å². The standard InChI is InChI=1S/C14H21ClN2/c1-11(2)14-10-17(8-7-16-14)9-12-5-3-4-6-13(12)15/h3-6,11,14,16H,7-10H2,1-2H3. The summed E-state index contributed by atoms with van der Waals surface area (Å²) in [6.07, 6.45) is 0. The Morgan fingerprint density at radius 2 is 2.18 bits per heavy atom. The predicted molar refractivity (Wildman–Crippen MR) is 73.4 cm³/mol. The molecule has 2 nitrogen and oxygen atoms in total. The summed E-state index contributed by atoms with van der Waals surface area (Å²) in [6.45, 7) is 8.81. The predicted octanol–water partition coefficient (Wildman–Crippen LogP) is 2.77. The second-order valence-electron chi connectivity index (χ2n) is 5.13. The van der Waals surface area contributed by atoms with Crippen molar-refractivity contribution in [3.8, 4) is 0 Å². The van der Waals surface area contributed by atoms with Gasteiger partial charge in [-0.2, -0.15) is 0 Å². The second-order valence-corrected chi connectivity index (χ2v) is 5.54. The molecule has 1 unspecified atom stereocenters. The summed E-state index contributed by atoms with van der Waals surface area (Å²) in [4.78, 5) is 2.49. The third-order valence-corrected chi connectivity index (χ3v) is 3.81. The summed E-state index contributed by atoms with van der Waals surface area (Å²) in [7, 11) is 0. The van der Waals surface area contributed by atoms with Crippen LogP contribution in [0.2, 0.25) is 5.02 Å². The molecule has 17 heavy (non-hydrogen) atoms. The second kappa shape index (κ2) is 5.85. The summed E-state index contributed by atoms with van der Waals surface area (Å²) >= 11 is 6.20. The van der Waals surface area contributed by atoms with Crippen LogP contribution in [0.5, 0.6) is 0 Å². The first-order valence-electron chi connectivity index (χ1n) is 6.36. The zero-order valence-corrected chi connectivity index (χ0v) is 11.4. The Bertz CT molecular complexity index is 365. The lowest BCUT2D eigenvalue weighted by molar-refractivity contribution is 0.168. The molecule has 1 saturated heterocycles. The Morgan fingerprint density at radius 1 is 1.41 bits per heavy atom. The van der Waals surface area contributed by atoms with Crippen molar-refractivity contribution in [2.45, 2.75) is 26.4 Å². The quantitative estimate of drug-likeness (QED) is 0.890. The van der Waals surface area contributed by atoms with Crippen LogP contribution in [0.3, 0.4) is 0 Å². The molecule has 1 aromatic carbocycles. The van der Waals surface area contributed by atoms with E-state index in [0.717, 1.165) is 31.2 Å². The Balaban J connectivity index is 1.97. The molecule has 0 saturated carbocycles. The van der Waals surface area contributed by atoms with Crippen LogP contribution in [0.15, 0.2) is 24.3 Å². The van der Waals surface area contributed by atoms with Gasteiger partial charge in [-0.1, -0.05) is 43.6 Å². The molecule has 1 aliphatic heterocycles. The molecule has 3 heteroatoms. The van der Waals surface area contributed by atoms with Crippen LogP contribution in [0.1, 0.15) is 19.4 Å². The zero-order valence-electron chi connectivity index (χ0n) is 10.6. The summed E-state index contributed by atoms with van der Waals surface area (Å²) in [6, 6.07) is 8.74. The zero-order chi connectivity index (χ0) is 12.3. The first kappa shape index (κ1) is 12.9. The molecule has 2 rings (SSSR count). The maximum atomic E-state index is 6.20. The van der Waals surface area contributed by atoms with E-state index in [1.807, 2.05) is 12.1 Å². The molecule has 1 fully saturated rings. The molecule has 0 spiro atoms. The number of nitrogens with one attached hydrogen (secondary N) is 1. The number of rotatable bonds is 3. The van der Waals surface area contributed by atoms with E-state index < -0.39 is 0 Å².